The van der Waals surface area contributed by atoms with Gasteiger partial charge in [-0.25, -0.2) is 0 Å². The molecule has 0 aromatic heterocycles. The summed E-state index contributed by atoms with van der Waals surface area (Å²) in [5, 5.41) is 0. The first-order valence-corrected chi connectivity index (χ1v) is 8.16. The van der Waals surface area contributed by atoms with E-state index in [2.05, 4.69) is 0 Å². The highest BCUT2D eigenvalue weighted by atomic mass is 35.6. The Hall–Kier alpha value is 1.69. The SMILES string of the molecule is CCOP(=S)(OCC)OC(Cl)C(Cl)(Cl)Cl. The Morgan fingerprint density at radius 3 is 1.87 bits per heavy atom. The Labute approximate surface area is 114 Å². The van der Waals surface area contributed by atoms with Gasteiger partial charge in [0.1, 0.15) is 0 Å². The van der Waals surface area contributed by atoms with Crippen molar-refractivity contribution in [2.24, 2.45) is 0 Å². The molecular weight excluding hydrogens is 325 g/mol. The second kappa shape index (κ2) is 7.20. The van der Waals surface area contributed by atoms with E-state index in [0.29, 0.717) is 13.2 Å². The van der Waals surface area contributed by atoms with E-state index in [0.717, 1.165) is 0 Å². The van der Waals surface area contributed by atoms with Gasteiger partial charge in [0.15, 0.2) is 5.56 Å². The third-order valence-corrected chi connectivity index (χ3v) is 5.03. The van der Waals surface area contributed by atoms with E-state index in [4.69, 9.17) is 71.8 Å². The van der Waals surface area contributed by atoms with E-state index in [1.165, 1.54) is 0 Å². The lowest BCUT2D eigenvalue weighted by atomic mass is 10.8. The molecule has 0 fully saturated rings. The fraction of sp³-hybridized carbons (Fsp3) is 1.00. The van der Waals surface area contributed by atoms with Crippen LogP contribution in [0.15, 0.2) is 0 Å². The second-order valence-corrected chi connectivity index (χ2v) is 7.97. The summed E-state index contributed by atoms with van der Waals surface area (Å²) in [6.07, 6.45) is 0. The highest BCUT2D eigenvalue weighted by molar-refractivity contribution is 8.07. The molecule has 0 amide bonds. The van der Waals surface area contributed by atoms with E-state index in [-0.39, 0.29) is 0 Å². The van der Waals surface area contributed by atoms with Crippen LogP contribution in [0, 0.1) is 0 Å². The van der Waals surface area contributed by atoms with Gasteiger partial charge in [-0.15, -0.1) is 0 Å². The maximum atomic E-state index is 5.70. The molecule has 0 aliphatic rings. The summed E-state index contributed by atoms with van der Waals surface area (Å²) >= 11 is 27.3. The van der Waals surface area contributed by atoms with Gasteiger partial charge in [-0.1, -0.05) is 46.4 Å². The first-order valence-electron chi connectivity index (χ1n) is 4.03. The van der Waals surface area contributed by atoms with E-state index in [9.17, 15) is 0 Å². The highest BCUT2D eigenvalue weighted by Crippen LogP contribution is 2.54. The molecule has 0 bridgehead atoms. The number of hydrogen-bond donors (Lipinski definition) is 0. The summed E-state index contributed by atoms with van der Waals surface area (Å²) in [6, 6.07) is 0. The first kappa shape index (κ1) is 16.7. The Balaban J connectivity index is 4.48. The lowest BCUT2D eigenvalue weighted by Crippen LogP contribution is -2.22. The van der Waals surface area contributed by atoms with Gasteiger partial charge in [0.25, 0.3) is 0 Å². The molecule has 0 aromatic carbocycles. The normalized spacial score (nSPS) is 15.3. The molecule has 15 heavy (non-hydrogen) atoms. The van der Waals surface area contributed by atoms with Gasteiger partial charge in [-0.05, 0) is 25.7 Å². The minimum Gasteiger partial charge on any atom is -0.309 e. The zero-order valence-corrected chi connectivity index (χ0v) is 12.8. The molecule has 3 nitrogen and oxygen atoms in total. The van der Waals surface area contributed by atoms with E-state index < -0.39 is 16.1 Å². The minimum absolute atomic E-state index is 0.334. The third-order valence-electron chi connectivity index (χ3n) is 1.05. The number of alkyl halides is 4. The monoisotopic (exact) mass is 334 g/mol. The van der Waals surface area contributed by atoms with Gasteiger partial charge >= 0.3 is 6.72 Å². The molecule has 0 heterocycles. The van der Waals surface area contributed by atoms with Crippen molar-refractivity contribution in [3.8, 4) is 0 Å². The van der Waals surface area contributed by atoms with Gasteiger partial charge < -0.3 is 9.05 Å². The molecular formula is C6H11Cl4O3PS. The second-order valence-electron chi connectivity index (χ2n) is 2.25. The zero-order chi connectivity index (χ0) is 12.1. The van der Waals surface area contributed by atoms with Crippen LogP contribution in [0.25, 0.3) is 0 Å². The molecule has 0 aromatic rings. The summed E-state index contributed by atoms with van der Waals surface area (Å²) in [4.78, 5) is 0. The number of hydrogen-bond acceptors (Lipinski definition) is 4. The fourth-order valence-corrected chi connectivity index (χ4v) is 3.47. The van der Waals surface area contributed by atoms with E-state index in [1.54, 1.807) is 13.8 Å². The molecule has 1 unspecified atom stereocenters. The summed E-state index contributed by atoms with van der Waals surface area (Å²) < 4.78 is 13.7. The molecule has 0 aliphatic carbocycles. The third kappa shape index (κ3) is 6.87. The van der Waals surface area contributed by atoms with Crippen LogP contribution < -0.4 is 0 Å². The van der Waals surface area contributed by atoms with Crippen LogP contribution >= 0.6 is 53.1 Å². The highest BCUT2D eigenvalue weighted by Gasteiger charge is 2.37. The van der Waals surface area contributed by atoms with E-state index in [1.807, 2.05) is 0 Å². The van der Waals surface area contributed by atoms with Crippen molar-refractivity contribution in [1.82, 2.24) is 0 Å². The fourth-order valence-electron chi connectivity index (χ4n) is 0.587. The van der Waals surface area contributed by atoms with Crippen LogP contribution in [0.3, 0.4) is 0 Å². The van der Waals surface area contributed by atoms with Crippen LogP contribution in [0.2, 0.25) is 0 Å². The van der Waals surface area contributed by atoms with Crippen molar-refractivity contribution >= 4 is 64.9 Å². The van der Waals surface area contributed by atoms with Crippen LogP contribution in [0.5, 0.6) is 0 Å². The summed E-state index contributed by atoms with van der Waals surface area (Å²) in [7, 11) is 0. The molecule has 1 atom stereocenters. The molecule has 0 saturated carbocycles. The predicted molar refractivity (Wildman–Crippen MR) is 68.6 cm³/mol. The smallest absolute Gasteiger partial charge is 0.309 e. The van der Waals surface area contributed by atoms with Crippen LogP contribution in [-0.2, 0) is 25.4 Å². The van der Waals surface area contributed by atoms with Gasteiger partial charge in [-0.3, -0.25) is 4.52 Å². The van der Waals surface area contributed by atoms with Crippen molar-refractivity contribution in [1.29, 1.82) is 0 Å². The Bertz CT molecular complexity index is 225. The van der Waals surface area contributed by atoms with Gasteiger partial charge in [0, 0.05) is 0 Å². The zero-order valence-electron chi connectivity index (χ0n) is 8.08. The standard InChI is InChI=1S/C6H11Cl4O3PS/c1-3-11-14(15,12-4-2)13-5(7)6(8,9)10/h5H,3-4H2,1-2H3. The van der Waals surface area contributed by atoms with Crippen molar-refractivity contribution in [3.05, 3.63) is 0 Å². The van der Waals surface area contributed by atoms with Crippen LogP contribution in [0.1, 0.15) is 13.8 Å². The topological polar surface area (TPSA) is 27.7 Å². The molecule has 9 heteroatoms. The first-order chi connectivity index (χ1) is 6.75. The molecule has 0 saturated heterocycles. The van der Waals surface area contributed by atoms with Crippen molar-refractivity contribution < 1.29 is 13.6 Å². The lowest BCUT2D eigenvalue weighted by Gasteiger charge is -2.26. The maximum absolute atomic E-state index is 5.70. The van der Waals surface area contributed by atoms with Gasteiger partial charge in [0.05, 0.1) is 13.2 Å². The van der Waals surface area contributed by atoms with E-state index >= 15 is 0 Å². The molecule has 0 rings (SSSR count). The van der Waals surface area contributed by atoms with Gasteiger partial charge in [0.2, 0.25) is 3.79 Å². The quantitative estimate of drug-likeness (QED) is 0.536. The van der Waals surface area contributed by atoms with Crippen molar-refractivity contribution in [2.45, 2.75) is 23.2 Å². The number of halogens is 4. The maximum Gasteiger partial charge on any atom is 0.328 e. The molecule has 92 valence electrons. The average molecular weight is 336 g/mol. The average Bonchev–Trinajstić information content (AvgIpc) is 2.02. The Kier molecular flexibility index (Phi) is 8.01. The molecule has 0 spiro atoms. The summed E-state index contributed by atoms with van der Waals surface area (Å²) in [5.41, 5.74) is -1.22. The van der Waals surface area contributed by atoms with Crippen molar-refractivity contribution in [2.75, 3.05) is 13.2 Å². The lowest BCUT2D eigenvalue weighted by molar-refractivity contribution is 0.155. The molecule has 0 radical (unpaired) electrons. The Morgan fingerprint density at radius 2 is 1.60 bits per heavy atom. The van der Waals surface area contributed by atoms with Crippen LogP contribution in [-0.4, -0.2) is 22.6 Å². The molecule has 0 aliphatic heterocycles. The van der Waals surface area contributed by atoms with Crippen molar-refractivity contribution in [3.63, 3.8) is 0 Å². The minimum atomic E-state index is -2.92. The summed E-state index contributed by atoms with van der Waals surface area (Å²) in [6.45, 7) is 1.25. The Morgan fingerprint density at radius 1 is 1.20 bits per heavy atom. The number of rotatable bonds is 6. The van der Waals surface area contributed by atoms with Crippen LogP contribution in [0.4, 0.5) is 0 Å². The summed E-state index contributed by atoms with van der Waals surface area (Å²) in [5.74, 6) is 0. The largest absolute Gasteiger partial charge is 0.328 e. The predicted octanol–water partition coefficient (Wildman–Crippen LogP) is 4.24. The molecule has 0 N–H and O–H groups in total. The van der Waals surface area contributed by atoms with Gasteiger partial charge in [-0.2, -0.15) is 0 Å².